The van der Waals surface area contributed by atoms with Crippen LogP contribution in [0.15, 0.2) is 0 Å². The van der Waals surface area contributed by atoms with E-state index in [0.29, 0.717) is 19.4 Å². The number of carboxylic acid groups (broad SMARTS) is 1. The molecule has 0 spiro atoms. The molecule has 76 valence electrons. The minimum atomic E-state index is -0.991. The molecule has 0 rings (SSSR count). The highest BCUT2D eigenvalue weighted by atomic mass is 35.5. The zero-order chi connectivity index (χ0) is 9.56. The maximum absolute atomic E-state index is 10.2. The second-order valence-corrected chi connectivity index (χ2v) is 2.61. The molecule has 0 aromatic heterocycles. The van der Waals surface area contributed by atoms with E-state index in [2.05, 4.69) is 0 Å². The largest absolute Gasteiger partial charge is 0.480 e. The minimum absolute atomic E-state index is 0. The minimum Gasteiger partial charge on any atom is -0.480 e. The van der Waals surface area contributed by atoms with Crippen LogP contribution in [0.5, 0.6) is 0 Å². The monoisotopic (exact) mass is 207 g/mol. The molecule has 0 radical (unpaired) electrons. The first-order valence-corrected chi connectivity index (χ1v) is 3.67. The SMILES string of the molecule is CN(C#N)CCC[C@H](N)C(=O)O.Cl. The quantitative estimate of drug-likeness (QED) is 0.490. The van der Waals surface area contributed by atoms with E-state index in [9.17, 15) is 4.79 Å². The molecule has 0 saturated carbocycles. The topological polar surface area (TPSA) is 90.4 Å². The Bertz CT molecular complexity index is 193. The van der Waals surface area contributed by atoms with Crippen LogP contribution in [-0.4, -0.2) is 35.6 Å². The Balaban J connectivity index is 0. The molecule has 0 saturated heterocycles. The van der Waals surface area contributed by atoms with Gasteiger partial charge in [0.05, 0.1) is 0 Å². The van der Waals surface area contributed by atoms with Gasteiger partial charge in [0.2, 0.25) is 0 Å². The Hall–Kier alpha value is -0.990. The van der Waals surface area contributed by atoms with Gasteiger partial charge in [0.25, 0.3) is 0 Å². The summed E-state index contributed by atoms with van der Waals surface area (Å²) in [6, 6.07) is -0.808. The van der Waals surface area contributed by atoms with Crippen molar-refractivity contribution in [3.8, 4) is 6.19 Å². The van der Waals surface area contributed by atoms with Gasteiger partial charge in [-0.3, -0.25) is 4.79 Å². The highest BCUT2D eigenvalue weighted by molar-refractivity contribution is 5.85. The smallest absolute Gasteiger partial charge is 0.320 e. The van der Waals surface area contributed by atoms with Crippen molar-refractivity contribution in [1.29, 1.82) is 5.26 Å². The fraction of sp³-hybridized carbons (Fsp3) is 0.714. The number of rotatable bonds is 5. The van der Waals surface area contributed by atoms with Crippen LogP contribution in [0.4, 0.5) is 0 Å². The number of carboxylic acids is 1. The van der Waals surface area contributed by atoms with Crippen LogP contribution < -0.4 is 5.73 Å². The summed E-state index contributed by atoms with van der Waals surface area (Å²) in [4.78, 5) is 11.7. The third kappa shape index (κ3) is 7.37. The van der Waals surface area contributed by atoms with Gasteiger partial charge in [-0.1, -0.05) is 0 Å². The molecule has 0 amide bonds. The van der Waals surface area contributed by atoms with E-state index in [0.717, 1.165) is 0 Å². The van der Waals surface area contributed by atoms with Crippen molar-refractivity contribution in [3.05, 3.63) is 0 Å². The van der Waals surface area contributed by atoms with Crippen LogP contribution in [0.3, 0.4) is 0 Å². The lowest BCUT2D eigenvalue weighted by Gasteiger charge is -2.09. The fourth-order valence-corrected chi connectivity index (χ4v) is 0.722. The van der Waals surface area contributed by atoms with Crippen LogP contribution >= 0.6 is 12.4 Å². The Morgan fingerprint density at radius 1 is 1.77 bits per heavy atom. The molecule has 0 aliphatic carbocycles. The molecule has 6 heteroatoms. The Morgan fingerprint density at radius 3 is 2.69 bits per heavy atom. The van der Waals surface area contributed by atoms with Crippen molar-refractivity contribution in [2.75, 3.05) is 13.6 Å². The van der Waals surface area contributed by atoms with Gasteiger partial charge >= 0.3 is 5.97 Å². The molecule has 0 fully saturated rings. The molecule has 0 aromatic carbocycles. The summed E-state index contributed by atoms with van der Waals surface area (Å²) in [7, 11) is 1.65. The molecule has 0 aliphatic heterocycles. The van der Waals surface area contributed by atoms with E-state index in [1.165, 1.54) is 4.90 Å². The van der Waals surface area contributed by atoms with Crippen molar-refractivity contribution in [3.63, 3.8) is 0 Å². The summed E-state index contributed by atoms with van der Waals surface area (Å²) >= 11 is 0. The molecule has 0 aliphatic rings. The second kappa shape index (κ2) is 7.65. The van der Waals surface area contributed by atoms with Crippen LogP contribution in [0.1, 0.15) is 12.8 Å². The van der Waals surface area contributed by atoms with E-state index in [-0.39, 0.29) is 12.4 Å². The average Bonchev–Trinajstić information content (AvgIpc) is 2.03. The number of nitrogens with two attached hydrogens (primary N) is 1. The van der Waals surface area contributed by atoms with Crippen molar-refractivity contribution in [2.24, 2.45) is 5.73 Å². The summed E-state index contributed by atoms with van der Waals surface area (Å²) in [5.74, 6) is -0.991. The Labute approximate surface area is 83.5 Å². The highest BCUT2D eigenvalue weighted by Gasteiger charge is 2.10. The summed E-state index contributed by atoms with van der Waals surface area (Å²) in [6.07, 6.45) is 2.94. The van der Waals surface area contributed by atoms with Crippen molar-refractivity contribution in [1.82, 2.24) is 4.90 Å². The van der Waals surface area contributed by atoms with Gasteiger partial charge in [0, 0.05) is 13.6 Å². The summed E-state index contributed by atoms with van der Waals surface area (Å²) < 4.78 is 0. The molecule has 0 unspecified atom stereocenters. The first-order valence-electron chi connectivity index (χ1n) is 3.67. The van der Waals surface area contributed by atoms with Gasteiger partial charge in [-0.05, 0) is 12.8 Å². The first-order chi connectivity index (χ1) is 5.57. The third-order valence-electron chi connectivity index (χ3n) is 1.50. The number of hydrogen-bond donors (Lipinski definition) is 2. The molecule has 5 nitrogen and oxygen atoms in total. The predicted molar refractivity (Wildman–Crippen MR) is 50.3 cm³/mol. The average molecular weight is 208 g/mol. The van der Waals surface area contributed by atoms with Gasteiger partial charge in [0.1, 0.15) is 6.04 Å². The zero-order valence-corrected chi connectivity index (χ0v) is 8.25. The number of aliphatic carboxylic acids is 1. The van der Waals surface area contributed by atoms with Gasteiger partial charge in [-0.25, -0.2) is 0 Å². The zero-order valence-electron chi connectivity index (χ0n) is 7.43. The number of nitriles is 1. The highest BCUT2D eigenvalue weighted by Crippen LogP contribution is 1.95. The fourth-order valence-electron chi connectivity index (χ4n) is 0.722. The maximum Gasteiger partial charge on any atom is 0.320 e. The molecule has 0 bridgehead atoms. The lowest BCUT2D eigenvalue weighted by molar-refractivity contribution is -0.138. The summed E-state index contributed by atoms with van der Waals surface area (Å²) in [5, 5.41) is 16.7. The van der Waals surface area contributed by atoms with E-state index in [1.54, 1.807) is 7.05 Å². The number of nitrogens with zero attached hydrogens (tertiary/aromatic N) is 2. The normalized spacial score (nSPS) is 10.8. The van der Waals surface area contributed by atoms with E-state index < -0.39 is 12.0 Å². The molecular weight excluding hydrogens is 194 g/mol. The van der Waals surface area contributed by atoms with Crippen molar-refractivity contribution < 1.29 is 9.90 Å². The molecule has 3 N–H and O–H groups in total. The summed E-state index contributed by atoms with van der Waals surface area (Å²) in [6.45, 7) is 0.553. The van der Waals surface area contributed by atoms with E-state index >= 15 is 0 Å². The van der Waals surface area contributed by atoms with Crippen LogP contribution in [0.2, 0.25) is 0 Å². The van der Waals surface area contributed by atoms with Crippen molar-refractivity contribution in [2.45, 2.75) is 18.9 Å². The molecule has 13 heavy (non-hydrogen) atoms. The van der Waals surface area contributed by atoms with Gasteiger partial charge in [-0.2, -0.15) is 5.26 Å². The molecule has 0 aromatic rings. The molecular formula is C7H14ClN3O2. The van der Waals surface area contributed by atoms with Crippen LogP contribution in [0, 0.1) is 11.5 Å². The van der Waals surface area contributed by atoms with Crippen LogP contribution in [-0.2, 0) is 4.79 Å². The lowest BCUT2D eigenvalue weighted by Crippen LogP contribution is -2.30. The first kappa shape index (κ1) is 14.5. The van der Waals surface area contributed by atoms with Gasteiger partial charge < -0.3 is 15.7 Å². The van der Waals surface area contributed by atoms with Crippen molar-refractivity contribution >= 4 is 18.4 Å². The second-order valence-electron chi connectivity index (χ2n) is 2.61. The van der Waals surface area contributed by atoms with E-state index in [1.807, 2.05) is 6.19 Å². The van der Waals surface area contributed by atoms with E-state index in [4.69, 9.17) is 16.1 Å². The number of hydrogen-bond acceptors (Lipinski definition) is 4. The predicted octanol–water partition coefficient (Wildman–Crippen LogP) is 0.0132. The lowest BCUT2D eigenvalue weighted by atomic mass is 10.2. The Morgan fingerprint density at radius 2 is 2.31 bits per heavy atom. The van der Waals surface area contributed by atoms with Crippen LogP contribution in [0.25, 0.3) is 0 Å². The number of carbonyl (C=O) groups is 1. The van der Waals surface area contributed by atoms with Gasteiger partial charge in [-0.15, -0.1) is 12.4 Å². The molecule has 0 heterocycles. The maximum atomic E-state index is 10.2. The third-order valence-corrected chi connectivity index (χ3v) is 1.50. The summed E-state index contributed by atoms with van der Waals surface area (Å²) in [5.41, 5.74) is 5.24. The Kier molecular flexibility index (Phi) is 8.55. The molecule has 1 atom stereocenters. The number of halogens is 1. The standard InChI is InChI=1S/C7H13N3O2.ClH/c1-10(5-8)4-2-3-6(9)7(11)12;/h6H,2-4,9H2,1H3,(H,11,12);1H/t6-;/m0./s1. The van der Waals surface area contributed by atoms with Gasteiger partial charge in [0.15, 0.2) is 6.19 Å².